The van der Waals surface area contributed by atoms with Crippen molar-refractivity contribution in [3.05, 3.63) is 0 Å². The van der Waals surface area contributed by atoms with Crippen molar-refractivity contribution in [3.8, 4) is 0 Å². The van der Waals surface area contributed by atoms with Crippen LogP contribution in [0, 0.1) is 0 Å². The second-order valence-corrected chi connectivity index (χ2v) is 4.59. The summed E-state index contributed by atoms with van der Waals surface area (Å²) in [6, 6.07) is 0. The van der Waals surface area contributed by atoms with Crippen LogP contribution in [0.2, 0.25) is 0 Å². The molecule has 0 spiro atoms. The van der Waals surface area contributed by atoms with Crippen molar-refractivity contribution in [1.82, 2.24) is 0 Å². The first-order valence-electron chi connectivity index (χ1n) is 5.77. The molecule has 2 heterocycles. The van der Waals surface area contributed by atoms with E-state index in [-0.39, 0.29) is 37.0 Å². The maximum atomic E-state index is 10.7. The Morgan fingerprint density at radius 2 is 2.06 bits per heavy atom. The zero-order valence-electron chi connectivity index (χ0n) is 10.2. The minimum Gasteiger partial charge on any atom is -0.463 e. The highest BCUT2D eigenvalue weighted by Crippen LogP contribution is 2.38. The number of fused-ring (bicyclic) bond motifs is 1. The van der Waals surface area contributed by atoms with Gasteiger partial charge in [-0.15, -0.1) is 0 Å². The van der Waals surface area contributed by atoms with Crippen LogP contribution in [0.3, 0.4) is 0 Å². The number of aliphatic hydroxyl groups is 1. The molecule has 0 aromatic rings. The van der Waals surface area contributed by atoms with E-state index in [1.165, 1.54) is 6.92 Å². The van der Waals surface area contributed by atoms with Gasteiger partial charge in [0.15, 0.2) is 6.29 Å². The third-order valence-corrected chi connectivity index (χ3v) is 2.71. The molecule has 98 valence electrons. The molecular formula is C11H18O6. The second-order valence-electron chi connectivity index (χ2n) is 4.59. The molecule has 0 unspecified atom stereocenters. The zero-order valence-corrected chi connectivity index (χ0v) is 10.2. The van der Waals surface area contributed by atoms with E-state index in [0.29, 0.717) is 0 Å². The second kappa shape index (κ2) is 4.89. The SMILES string of the molecule is CC(=O)OC[C@H]1O[C@H](OC(C)C)[C@H](O)[C@@H]2O[C@@H]21. The molecule has 0 amide bonds. The maximum absolute atomic E-state index is 10.7. The van der Waals surface area contributed by atoms with E-state index >= 15 is 0 Å². The summed E-state index contributed by atoms with van der Waals surface area (Å²) in [6.07, 6.45) is -2.39. The number of carbonyl (C=O) groups is 1. The first kappa shape index (κ1) is 12.8. The van der Waals surface area contributed by atoms with Gasteiger partial charge in [0, 0.05) is 6.92 Å². The fraction of sp³-hybridized carbons (Fsp3) is 0.909. The summed E-state index contributed by atoms with van der Waals surface area (Å²) in [5.74, 6) is -0.363. The summed E-state index contributed by atoms with van der Waals surface area (Å²) in [6.45, 7) is 5.18. The summed E-state index contributed by atoms with van der Waals surface area (Å²) in [5, 5.41) is 9.84. The normalized spacial score (nSPS) is 39.9. The molecule has 0 aromatic carbocycles. The lowest BCUT2D eigenvalue weighted by molar-refractivity contribution is -0.248. The lowest BCUT2D eigenvalue weighted by Gasteiger charge is -2.31. The number of epoxide rings is 1. The number of esters is 1. The molecule has 2 aliphatic heterocycles. The number of rotatable bonds is 4. The minimum absolute atomic E-state index is 0.0562. The molecule has 17 heavy (non-hydrogen) atoms. The van der Waals surface area contributed by atoms with E-state index in [2.05, 4.69) is 0 Å². The van der Waals surface area contributed by atoms with Crippen LogP contribution in [0.4, 0.5) is 0 Å². The molecule has 6 heteroatoms. The Labute approximate surface area is 99.8 Å². The fourth-order valence-corrected chi connectivity index (χ4v) is 1.91. The predicted molar refractivity (Wildman–Crippen MR) is 56.2 cm³/mol. The highest BCUT2D eigenvalue weighted by atomic mass is 16.7. The lowest BCUT2D eigenvalue weighted by atomic mass is 10.1. The van der Waals surface area contributed by atoms with Gasteiger partial charge < -0.3 is 24.1 Å². The van der Waals surface area contributed by atoms with Crippen molar-refractivity contribution >= 4 is 5.97 Å². The van der Waals surface area contributed by atoms with Crippen LogP contribution in [0.15, 0.2) is 0 Å². The van der Waals surface area contributed by atoms with Gasteiger partial charge in [-0.3, -0.25) is 4.79 Å². The van der Waals surface area contributed by atoms with E-state index in [4.69, 9.17) is 18.9 Å². The van der Waals surface area contributed by atoms with E-state index in [9.17, 15) is 9.90 Å². The maximum Gasteiger partial charge on any atom is 0.302 e. The molecule has 2 saturated heterocycles. The van der Waals surface area contributed by atoms with Gasteiger partial charge in [0.05, 0.1) is 6.10 Å². The molecule has 2 aliphatic rings. The number of hydrogen-bond donors (Lipinski definition) is 1. The third kappa shape index (κ3) is 2.95. The Hall–Kier alpha value is -0.690. The molecular weight excluding hydrogens is 228 g/mol. The van der Waals surface area contributed by atoms with Gasteiger partial charge in [-0.1, -0.05) is 0 Å². The largest absolute Gasteiger partial charge is 0.463 e. The third-order valence-electron chi connectivity index (χ3n) is 2.71. The van der Waals surface area contributed by atoms with E-state index in [1.807, 2.05) is 13.8 Å². The monoisotopic (exact) mass is 246 g/mol. The van der Waals surface area contributed by atoms with Crippen LogP contribution in [0.1, 0.15) is 20.8 Å². The van der Waals surface area contributed by atoms with Crippen molar-refractivity contribution in [3.63, 3.8) is 0 Å². The predicted octanol–water partition coefficient (Wildman–Crippen LogP) is -0.172. The van der Waals surface area contributed by atoms with Gasteiger partial charge in [-0.2, -0.15) is 0 Å². The molecule has 0 saturated carbocycles. The molecule has 5 atom stereocenters. The standard InChI is InChI=1S/C11H18O6/c1-5(2)15-11-8(13)10-9(17-10)7(16-11)4-14-6(3)12/h5,7-11,13H,4H2,1-3H3/t7-,8-,9-,10+,11+/m1/s1. The molecule has 6 nitrogen and oxygen atoms in total. The first-order valence-corrected chi connectivity index (χ1v) is 5.77. The molecule has 0 bridgehead atoms. The number of ether oxygens (including phenoxy) is 4. The topological polar surface area (TPSA) is 77.5 Å². The summed E-state index contributed by atoms with van der Waals surface area (Å²) in [5.41, 5.74) is 0. The van der Waals surface area contributed by atoms with E-state index in [0.717, 1.165) is 0 Å². The van der Waals surface area contributed by atoms with Crippen molar-refractivity contribution in [2.24, 2.45) is 0 Å². The average molecular weight is 246 g/mol. The Kier molecular flexibility index (Phi) is 3.67. The summed E-state index contributed by atoms with van der Waals surface area (Å²) in [7, 11) is 0. The average Bonchev–Trinajstić information content (AvgIpc) is 2.99. The van der Waals surface area contributed by atoms with Crippen LogP contribution in [0.5, 0.6) is 0 Å². The minimum atomic E-state index is -0.782. The van der Waals surface area contributed by atoms with Crippen molar-refractivity contribution in [1.29, 1.82) is 0 Å². The quantitative estimate of drug-likeness (QED) is 0.548. The highest BCUT2D eigenvalue weighted by molar-refractivity contribution is 5.65. The van der Waals surface area contributed by atoms with Gasteiger partial charge >= 0.3 is 5.97 Å². The van der Waals surface area contributed by atoms with Gasteiger partial charge in [-0.05, 0) is 13.8 Å². The highest BCUT2D eigenvalue weighted by Gasteiger charge is 2.58. The molecule has 1 N–H and O–H groups in total. The summed E-state index contributed by atoms with van der Waals surface area (Å²) >= 11 is 0. The summed E-state index contributed by atoms with van der Waals surface area (Å²) < 4.78 is 21.2. The summed E-state index contributed by atoms with van der Waals surface area (Å²) in [4.78, 5) is 10.7. The van der Waals surface area contributed by atoms with Gasteiger partial charge in [-0.25, -0.2) is 0 Å². The van der Waals surface area contributed by atoms with E-state index < -0.39 is 12.4 Å². The molecule has 2 fully saturated rings. The number of aliphatic hydroxyl groups excluding tert-OH is 1. The van der Waals surface area contributed by atoms with Crippen LogP contribution in [0.25, 0.3) is 0 Å². The number of hydrogen-bond acceptors (Lipinski definition) is 6. The molecule has 0 radical (unpaired) electrons. The Morgan fingerprint density at radius 1 is 1.35 bits per heavy atom. The molecule has 0 aliphatic carbocycles. The van der Waals surface area contributed by atoms with Crippen LogP contribution < -0.4 is 0 Å². The number of carbonyl (C=O) groups excluding carboxylic acids is 1. The van der Waals surface area contributed by atoms with Crippen molar-refractivity contribution < 1.29 is 28.8 Å². The van der Waals surface area contributed by atoms with Crippen LogP contribution in [-0.2, 0) is 23.7 Å². The van der Waals surface area contributed by atoms with Gasteiger partial charge in [0.25, 0.3) is 0 Å². The van der Waals surface area contributed by atoms with Gasteiger partial charge in [0.1, 0.15) is 31.0 Å². The smallest absolute Gasteiger partial charge is 0.302 e. The van der Waals surface area contributed by atoms with E-state index in [1.54, 1.807) is 0 Å². The van der Waals surface area contributed by atoms with Crippen LogP contribution in [-0.4, -0.2) is 54.5 Å². The molecule has 0 aromatic heterocycles. The Balaban J connectivity index is 1.90. The Morgan fingerprint density at radius 3 is 2.65 bits per heavy atom. The first-order chi connectivity index (χ1) is 7.99. The van der Waals surface area contributed by atoms with Crippen LogP contribution >= 0.6 is 0 Å². The van der Waals surface area contributed by atoms with Crippen molar-refractivity contribution in [2.45, 2.75) is 57.6 Å². The Bertz CT molecular complexity index is 292. The zero-order chi connectivity index (χ0) is 12.6. The molecule has 2 rings (SSSR count). The van der Waals surface area contributed by atoms with Gasteiger partial charge in [0.2, 0.25) is 0 Å². The lowest BCUT2D eigenvalue weighted by Crippen LogP contribution is -2.48. The van der Waals surface area contributed by atoms with Crippen molar-refractivity contribution in [2.75, 3.05) is 6.61 Å². The fourth-order valence-electron chi connectivity index (χ4n) is 1.91.